The van der Waals surface area contributed by atoms with Crippen molar-refractivity contribution in [2.24, 2.45) is 5.92 Å². The molecule has 1 fully saturated rings. The number of rotatable bonds is 4. The highest BCUT2D eigenvalue weighted by atomic mass is 32.1. The van der Waals surface area contributed by atoms with Gasteiger partial charge in [-0.3, -0.25) is 0 Å². The molecular formula is C14H22N2OS. The number of nitrogens with one attached hydrogen (secondary N) is 1. The van der Waals surface area contributed by atoms with E-state index in [4.69, 9.17) is 17.0 Å². The quantitative estimate of drug-likeness (QED) is 0.838. The third-order valence-electron chi connectivity index (χ3n) is 3.93. The van der Waals surface area contributed by atoms with Crippen molar-refractivity contribution in [2.75, 3.05) is 7.11 Å². The monoisotopic (exact) mass is 266 g/mol. The lowest BCUT2D eigenvalue weighted by molar-refractivity contribution is 0.180. The maximum atomic E-state index is 5.23. The Labute approximate surface area is 114 Å². The van der Waals surface area contributed by atoms with Crippen LogP contribution in [-0.2, 0) is 11.3 Å². The van der Waals surface area contributed by atoms with Gasteiger partial charge in [0.2, 0.25) is 0 Å². The van der Waals surface area contributed by atoms with Crippen LogP contribution in [0.25, 0.3) is 0 Å². The molecule has 100 valence electrons. The zero-order chi connectivity index (χ0) is 13.0. The Morgan fingerprint density at radius 2 is 2.11 bits per heavy atom. The molecule has 18 heavy (non-hydrogen) atoms. The molecule has 0 unspecified atom stereocenters. The first-order valence-corrected chi connectivity index (χ1v) is 7.22. The van der Waals surface area contributed by atoms with E-state index < -0.39 is 0 Å². The lowest BCUT2D eigenvalue weighted by Gasteiger charge is -2.27. The summed E-state index contributed by atoms with van der Waals surface area (Å²) in [5.74, 6) is 2.52. The highest BCUT2D eigenvalue weighted by Crippen LogP contribution is 2.35. The summed E-state index contributed by atoms with van der Waals surface area (Å²) < 4.78 is 5.83. The van der Waals surface area contributed by atoms with Gasteiger partial charge in [-0.2, -0.15) is 0 Å². The summed E-state index contributed by atoms with van der Waals surface area (Å²) in [4.78, 5) is 7.88. The first-order chi connectivity index (χ1) is 8.72. The zero-order valence-electron chi connectivity index (χ0n) is 11.2. The minimum absolute atomic E-state index is 0.548. The van der Waals surface area contributed by atoms with Gasteiger partial charge in [-0.25, -0.2) is 4.98 Å². The van der Waals surface area contributed by atoms with Gasteiger partial charge in [-0.05, 0) is 37.7 Å². The summed E-state index contributed by atoms with van der Waals surface area (Å²) in [6, 6.07) is 1.89. The van der Waals surface area contributed by atoms with Crippen LogP contribution in [0.3, 0.4) is 0 Å². The number of aromatic amines is 1. The highest BCUT2D eigenvalue weighted by Gasteiger charge is 2.22. The molecule has 0 amide bonds. The van der Waals surface area contributed by atoms with E-state index in [1.54, 1.807) is 7.11 Å². The van der Waals surface area contributed by atoms with Crippen LogP contribution in [0, 0.1) is 10.6 Å². The van der Waals surface area contributed by atoms with E-state index >= 15 is 0 Å². The van der Waals surface area contributed by atoms with Gasteiger partial charge in [0.25, 0.3) is 0 Å². The minimum Gasteiger partial charge on any atom is -0.378 e. The topological polar surface area (TPSA) is 37.9 Å². The van der Waals surface area contributed by atoms with Crippen molar-refractivity contribution in [1.82, 2.24) is 9.97 Å². The van der Waals surface area contributed by atoms with E-state index in [1.807, 2.05) is 6.07 Å². The predicted molar refractivity (Wildman–Crippen MR) is 75.1 cm³/mol. The molecule has 1 aliphatic carbocycles. The van der Waals surface area contributed by atoms with Crippen LogP contribution in [-0.4, -0.2) is 17.1 Å². The van der Waals surface area contributed by atoms with Gasteiger partial charge in [0.15, 0.2) is 0 Å². The minimum atomic E-state index is 0.548. The average molecular weight is 266 g/mol. The van der Waals surface area contributed by atoms with Crippen LogP contribution in [0.1, 0.15) is 56.5 Å². The van der Waals surface area contributed by atoms with Crippen molar-refractivity contribution >= 4 is 12.2 Å². The Kier molecular flexibility index (Phi) is 4.89. The summed E-state index contributed by atoms with van der Waals surface area (Å²) in [7, 11) is 1.70. The summed E-state index contributed by atoms with van der Waals surface area (Å²) in [6.07, 6.45) is 6.40. The number of H-pyrrole nitrogens is 1. The maximum absolute atomic E-state index is 5.23. The van der Waals surface area contributed by atoms with Crippen molar-refractivity contribution in [3.8, 4) is 0 Å². The zero-order valence-corrected chi connectivity index (χ0v) is 12.1. The normalized spacial score (nSPS) is 24.1. The fourth-order valence-electron chi connectivity index (χ4n) is 2.80. The summed E-state index contributed by atoms with van der Waals surface area (Å²) in [5.41, 5.74) is 1.03. The second-order valence-corrected chi connectivity index (χ2v) is 5.61. The number of methoxy groups -OCH3 is 1. The fraction of sp³-hybridized carbons (Fsp3) is 0.714. The van der Waals surface area contributed by atoms with Crippen LogP contribution >= 0.6 is 12.2 Å². The molecule has 0 aromatic carbocycles. The molecule has 1 aromatic rings. The standard InChI is InChI=1S/C14H22N2OS/c1-3-10-4-6-11(7-5-10)14-15-12(9-17-2)8-13(18)16-14/h8,10-11H,3-7,9H2,1-2H3,(H,15,16,18). The number of hydrogen-bond acceptors (Lipinski definition) is 3. The third-order valence-corrected chi connectivity index (χ3v) is 4.14. The molecule has 0 bridgehead atoms. The van der Waals surface area contributed by atoms with Crippen LogP contribution in [0.15, 0.2) is 6.07 Å². The molecule has 1 aliphatic rings. The number of nitrogens with zero attached hydrogens (tertiary/aromatic N) is 1. The van der Waals surface area contributed by atoms with E-state index in [2.05, 4.69) is 16.9 Å². The van der Waals surface area contributed by atoms with Crippen molar-refractivity contribution in [3.63, 3.8) is 0 Å². The molecule has 1 N–H and O–H groups in total. The number of ether oxygens (including phenoxy) is 1. The van der Waals surface area contributed by atoms with Gasteiger partial charge >= 0.3 is 0 Å². The number of hydrogen-bond donors (Lipinski definition) is 1. The summed E-state index contributed by atoms with van der Waals surface area (Å²) in [5, 5.41) is 0. The highest BCUT2D eigenvalue weighted by molar-refractivity contribution is 7.71. The third kappa shape index (κ3) is 3.39. The van der Waals surface area contributed by atoms with E-state index in [1.165, 1.54) is 32.1 Å². The lowest BCUT2D eigenvalue weighted by atomic mass is 9.80. The van der Waals surface area contributed by atoms with Gasteiger partial charge < -0.3 is 9.72 Å². The van der Waals surface area contributed by atoms with Crippen molar-refractivity contribution in [1.29, 1.82) is 0 Å². The Bertz CT molecular complexity index is 436. The Morgan fingerprint density at radius 1 is 1.39 bits per heavy atom. The van der Waals surface area contributed by atoms with Crippen LogP contribution in [0.2, 0.25) is 0 Å². The molecular weight excluding hydrogens is 244 g/mol. The number of aromatic nitrogens is 2. The molecule has 1 aromatic heterocycles. The smallest absolute Gasteiger partial charge is 0.130 e. The molecule has 4 heteroatoms. The molecule has 0 spiro atoms. The van der Waals surface area contributed by atoms with Crippen molar-refractivity contribution in [2.45, 2.75) is 51.6 Å². The first-order valence-electron chi connectivity index (χ1n) is 6.82. The van der Waals surface area contributed by atoms with Gasteiger partial charge in [-0.1, -0.05) is 25.6 Å². The van der Waals surface area contributed by atoms with Gasteiger partial charge in [0, 0.05) is 18.7 Å². The van der Waals surface area contributed by atoms with E-state index in [0.717, 1.165) is 17.4 Å². The molecule has 3 nitrogen and oxygen atoms in total. The Morgan fingerprint density at radius 3 is 2.72 bits per heavy atom. The first kappa shape index (κ1) is 13.7. The van der Waals surface area contributed by atoms with E-state index in [-0.39, 0.29) is 0 Å². The molecule has 0 atom stereocenters. The van der Waals surface area contributed by atoms with Crippen LogP contribution in [0.5, 0.6) is 0 Å². The lowest BCUT2D eigenvalue weighted by Crippen LogP contribution is -2.15. The largest absolute Gasteiger partial charge is 0.378 e. The van der Waals surface area contributed by atoms with E-state index in [0.29, 0.717) is 17.2 Å². The maximum Gasteiger partial charge on any atom is 0.130 e. The second-order valence-electron chi connectivity index (χ2n) is 5.19. The second kappa shape index (κ2) is 6.43. The predicted octanol–water partition coefficient (Wildman–Crippen LogP) is 3.97. The molecule has 2 rings (SSSR count). The van der Waals surface area contributed by atoms with Crippen LogP contribution < -0.4 is 0 Å². The fourth-order valence-corrected chi connectivity index (χ4v) is 3.04. The van der Waals surface area contributed by atoms with Gasteiger partial charge in [0.05, 0.1) is 6.61 Å². The average Bonchev–Trinajstić information content (AvgIpc) is 2.38. The molecule has 0 saturated heterocycles. The van der Waals surface area contributed by atoms with Crippen molar-refractivity contribution in [3.05, 3.63) is 22.2 Å². The molecule has 1 saturated carbocycles. The van der Waals surface area contributed by atoms with Gasteiger partial charge in [0.1, 0.15) is 10.5 Å². The van der Waals surface area contributed by atoms with Crippen molar-refractivity contribution < 1.29 is 4.74 Å². The summed E-state index contributed by atoms with van der Waals surface area (Å²) >= 11 is 5.23. The van der Waals surface area contributed by atoms with Gasteiger partial charge in [-0.15, -0.1) is 0 Å². The Balaban J connectivity index is 2.11. The summed E-state index contributed by atoms with van der Waals surface area (Å²) in [6.45, 7) is 2.86. The molecule has 0 radical (unpaired) electrons. The van der Waals surface area contributed by atoms with Crippen LogP contribution in [0.4, 0.5) is 0 Å². The molecule has 0 aliphatic heterocycles. The SMILES string of the molecule is CCC1CCC(c2nc(=S)cc(COC)[nH]2)CC1. The Hall–Kier alpha value is -0.740. The van der Waals surface area contributed by atoms with E-state index in [9.17, 15) is 0 Å². The molecule has 1 heterocycles.